The summed E-state index contributed by atoms with van der Waals surface area (Å²) < 4.78 is 0. The molecule has 1 heterocycles. The van der Waals surface area contributed by atoms with Crippen molar-refractivity contribution in [2.24, 2.45) is 0 Å². The Hall–Kier alpha value is -0.380. The SMILES string of the molecule is CCNC(=O)N1CCC(SC)C1. The van der Waals surface area contributed by atoms with Crippen molar-refractivity contribution in [3.63, 3.8) is 0 Å². The topological polar surface area (TPSA) is 32.3 Å². The molecule has 0 aromatic heterocycles. The molecule has 1 unspecified atom stereocenters. The van der Waals surface area contributed by atoms with Crippen LogP contribution in [-0.4, -0.2) is 42.1 Å². The van der Waals surface area contributed by atoms with Crippen LogP contribution in [0.2, 0.25) is 0 Å². The van der Waals surface area contributed by atoms with Gasteiger partial charge in [0.25, 0.3) is 0 Å². The average molecular weight is 188 g/mol. The van der Waals surface area contributed by atoms with Crippen molar-refractivity contribution in [1.82, 2.24) is 10.2 Å². The molecule has 1 atom stereocenters. The third-order valence-corrected chi connectivity index (χ3v) is 3.15. The first-order chi connectivity index (χ1) is 5.77. The molecule has 0 aliphatic carbocycles. The van der Waals surface area contributed by atoms with Gasteiger partial charge in [-0.1, -0.05) is 0 Å². The van der Waals surface area contributed by atoms with Crippen LogP contribution in [-0.2, 0) is 0 Å². The van der Waals surface area contributed by atoms with Gasteiger partial charge >= 0.3 is 6.03 Å². The highest BCUT2D eigenvalue weighted by Crippen LogP contribution is 2.19. The molecule has 0 aromatic carbocycles. The molecule has 4 heteroatoms. The van der Waals surface area contributed by atoms with Crippen LogP contribution in [0.3, 0.4) is 0 Å². The van der Waals surface area contributed by atoms with Gasteiger partial charge in [-0.3, -0.25) is 0 Å². The van der Waals surface area contributed by atoms with Gasteiger partial charge in [0, 0.05) is 24.9 Å². The summed E-state index contributed by atoms with van der Waals surface area (Å²) in [6, 6.07) is 0.0917. The van der Waals surface area contributed by atoms with Crippen LogP contribution in [0, 0.1) is 0 Å². The van der Waals surface area contributed by atoms with Crippen molar-refractivity contribution < 1.29 is 4.79 Å². The number of hydrogen-bond donors (Lipinski definition) is 1. The zero-order chi connectivity index (χ0) is 8.97. The van der Waals surface area contributed by atoms with E-state index in [4.69, 9.17) is 0 Å². The Morgan fingerprint density at radius 1 is 1.75 bits per heavy atom. The molecule has 0 aromatic rings. The Labute approximate surface area is 77.9 Å². The summed E-state index contributed by atoms with van der Waals surface area (Å²) in [7, 11) is 0. The van der Waals surface area contributed by atoms with Crippen molar-refractivity contribution in [3.8, 4) is 0 Å². The minimum absolute atomic E-state index is 0.0917. The highest BCUT2D eigenvalue weighted by molar-refractivity contribution is 7.99. The molecule has 0 saturated carbocycles. The summed E-state index contributed by atoms with van der Waals surface area (Å²) in [6.07, 6.45) is 3.24. The van der Waals surface area contributed by atoms with Crippen LogP contribution in [0.1, 0.15) is 13.3 Å². The summed E-state index contributed by atoms with van der Waals surface area (Å²) in [5.74, 6) is 0. The lowest BCUT2D eigenvalue weighted by atomic mass is 10.4. The highest BCUT2D eigenvalue weighted by atomic mass is 32.2. The summed E-state index contributed by atoms with van der Waals surface area (Å²) in [4.78, 5) is 13.2. The van der Waals surface area contributed by atoms with E-state index in [0.29, 0.717) is 5.25 Å². The fourth-order valence-corrected chi connectivity index (χ4v) is 2.04. The smallest absolute Gasteiger partial charge is 0.317 e. The molecule has 1 saturated heterocycles. The maximum Gasteiger partial charge on any atom is 0.317 e. The van der Waals surface area contributed by atoms with Gasteiger partial charge in [0.1, 0.15) is 0 Å². The largest absolute Gasteiger partial charge is 0.338 e. The van der Waals surface area contributed by atoms with E-state index < -0.39 is 0 Å². The number of nitrogens with zero attached hydrogens (tertiary/aromatic N) is 1. The highest BCUT2D eigenvalue weighted by Gasteiger charge is 2.24. The summed E-state index contributed by atoms with van der Waals surface area (Å²) in [6.45, 7) is 4.49. The van der Waals surface area contributed by atoms with Crippen LogP contribution in [0.25, 0.3) is 0 Å². The Balaban J connectivity index is 2.31. The molecule has 1 aliphatic heterocycles. The first-order valence-corrected chi connectivity index (χ1v) is 5.62. The molecule has 1 fully saturated rings. The van der Waals surface area contributed by atoms with E-state index in [1.165, 1.54) is 0 Å². The zero-order valence-corrected chi connectivity index (χ0v) is 8.49. The normalized spacial score (nSPS) is 22.8. The number of rotatable bonds is 2. The van der Waals surface area contributed by atoms with E-state index >= 15 is 0 Å². The van der Waals surface area contributed by atoms with Gasteiger partial charge < -0.3 is 10.2 Å². The summed E-state index contributed by atoms with van der Waals surface area (Å²) >= 11 is 1.85. The minimum atomic E-state index is 0.0917. The molecule has 2 amide bonds. The predicted octanol–water partition coefficient (Wildman–Crippen LogP) is 1.15. The van der Waals surface area contributed by atoms with Crippen LogP contribution in [0.5, 0.6) is 0 Å². The van der Waals surface area contributed by atoms with E-state index in [9.17, 15) is 4.79 Å². The second kappa shape index (κ2) is 4.60. The number of thioether (sulfide) groups is 1. The van der Waals surface area contributed by atoms with Crippen LogP contribution in [0.4, 0.5) is 4.79 Å². The molecule has 3 nitrogen and oxygen atoms in total. The second-order valence-corrected chi connectivity index (χ2v) is 4.07. The first-order valence-electron chi connectivity index (χ1n) is 4.33. The van der Waals surface area contributed by atoms with Crippen molar-refractivity contribution >= 4 is 17.8 Å². The maximum atomic E-state index is 11.3. The number of likely N-dealkylation sites (tertiary alicyclic amines) is 1. The Kier molecular flexibility index (Phi) is 3.72. The van der Waals surface area contributed by atoms with E-state index in [-0.39, 0.29) is 6.03 Å². The van der Waals surface area contributed by atoms with Crippen LogP contribution < -0.4 is 5.32 Å². The van der Waals surface area contributed by atoms with Crippen LogP contribution >= 0.6 is 11.8 Å². The number of nitrogens with one attached hydrogen (secondary N) is 1. The van der Waals surface area contributed by atoms with E-state index in [1.54, 1.807) is 0 Å². The molecular weight excluding hydrogens is 172 g/mol. The van der Waals surface area contributed by atoms with Gasteiger partial charge in [0.15, 0.2) is 0 Å². The standard InChI is InChI=1S/C8H16N2OS/c1-3-9-8(11)10-5-4-7(6-10)12-2/h7H,3-6H2,1-2H3,(H,9,11). The lowest BCUT2D eigenvalue weighted by Gasteiger charge is -2.15. The molecule has 12 heavy (non-hydrogen) atoms. The number of amides is 2. The zero-order valence-electron chi connectivity index (χ0n) is 7.67. The Bertz CT molecular complexity index is 163. The van der Waals surface area contributed by atoms with Gasteiger partial charge in [0.05, 0.1) is 0 Å². The van der Waals surface area contributed by atoms with E-state index in [2.05, 4.69) is 11.6 Å². The Morgan fingerprint density at radius 3 is 3.00 bits per heavy atom. The summed E-state index contributed by atoms with van der Waals surface area (Å²) in [5.41, 5.74) is 0. The van der Waals surface area contributed by atoms with Gasteiger partial charge in [-0.15, -0.1) is 0 Å². The Morgan fingerprint density at radius 2 is 2.50 bits per heavy atom. The third-order valence-electron chi connectivity index (χ3n) is 2.09. The molecule has 1 N–H and O–H groups in total. The molecule has 0 spiro atoms. The van der Waals surface area contributed by atoms with E-state index in [1.807, 2.05) is 23.6 Å². The third kappa shape index (κ3) is 2.30. The fourth-order valence-electron chi connectivity index (χ4n) is 1.37. The first kappa shape index (κ1) is 9.71. The van der Waals surface area contributed by atoms with Gasteiger partial charge in [0.2, 0.25) is 0 Å². The number of carbonyl (C=O) groups excluding carboxylic acids is 1. The average Bonchev–Trinajstić information content (AvgIpc) is 2.52. The lowest BCUT2D eigenvalue weighted by molar-refractivity contribution is 0.209. The number of urea groups is 1. The second-order valence-electron chi connectivity index (χ2n) is 2.93. The lowest BCUT2D eigenvalue weighted by Crippen LogP contribution is -2.38. The van der Waals surface area contributed by atoms with Gasteiger partial charge in [-0.2, -0.15) is 11.8 Å². The molecule has 70 valence electrons. The van der Waals surface area contributed by atoms with Crippen molar-refractivity contribution in [1.29, 1.82) is 0 Å². The summed E-state index contributed by atoms with van der Waals surface area (Å²) in [5, 5.41) is 3.46. The molecule has 0 radical (unpaired) electrons. The van der Waals surface area contributed by atoms with Crippen LogP contribution in [0.15, 0.2) is 0 Å². The van der Waals surface area contributed by atoms with Gasteiger partial charge in [-0.25, -0.2) is 4.79 Å². The maximum absolute atomic E-state index is 11.3. The predicted molar refractivity (Wildman–Crippen MR) is 52.6 cm³/mol. The molecule has 0 bridgehead atoms. The van der Waals surface area contributed by atoms with Crippen molar-refractivity contribution in [3.05, 3.63) is 0 Å². The van der Waals surface area contributed by atoms with Crippen molar-refractivity contribution in [2.75, 3.05) is 25.9 Å². The van der Waals surface area contributed by atoms with Crippen molar-refractivity contribution in [2.45, 2.75) is 18.6 Å². The monoisotopic (exact) mass is 188 g/mol. The number of carbonyl (C=O) groups is 1. The quantitative estimate of drug-likeness (QED) is 0.705. The minimum Gasteiger partial charge on any atom is -0.338 e. The molecular formula is C8H16N2OS. The molecule has 1 rings (SSSR count). The number of hydrogen-bond acceptors (Lipinski definition) is 2. The van der Waals surface area contributed by atoms with Gasteiger partial charge in [-0.05, 0) is 19.6 Å². The van der Waals surface area contributed by atoms with E-state index in [0.717, 1.165) is 26.1 Å². The molecule has 1 aliphatic rings. The fraction of sp³-hybridized carbons (Fsp3) is 0.875.